The molecular formula is C32H39F2N5O3S. The van der Waals surface area contributed by atoms with Crippen molar-refractivity contribution in [1.82, 2.24) is 19.6 Å². The number of pyridine rings is 2. The number of likely N-dealkylation sites (tertiary alicyclic amines) is 1. The fourth-order valence-corrected chi connectivity index (χ4v) is 5.76. The predicted octanol–water partition coefficient (Wildman–Crippen LogP) is 7.01. The first-order valence-electron chi connectivity index (χ1n) is 14.4. The van der Waals surface area contributed by atoms with Gasteiger partial charge in [-0.1, -0.05) is 36.4 Å². The molecule has 1 aliphatic heterocycles. The second-order valence-electron chi connectivity index (χ2n) is 12.4. The Bertz CT molecular complexity index is 1430. The van der Waals surface area contributed by atoms with Crippen LogP contribution in [-0.2, 0) is 11.2 Å². The van der Waals surface area contributed by atoms with Crippen LogP contribution in [0.15, 0.2) is 59.6 Å². The highest BCUT2D eigenvalue weighted by Crippen LogP contribution is 2.36. The first-order valence-corrected chi connectivity index (χ1v) is 15.2. The number of hydrogen-bond donors (Lipinski definition) is 2. The van der Waals surface area contributed by atoms with Crippen molar-refractivity contribution in [2.24, 2.45) is 5.92 Å². The summed E-state index contributed by atoms with van der Waals surface area (Å²) in [6.07, 6.45) is 2.66. The predicted molar refractivity (Wildman–Crippen MR) is 164 cm³/mol. The molecule has 1 aromatic carbocycles. The van der Waals surface area contributed by atoms with Crippen molar-refractivity contribution in [2.75, 3.05) is 18.4 Å². The van der Waals surface area contributed by atoms with Gasteiger partial charge in [-0.05, 0) is 83.6 Å². The molecule has 0 radical (unpaired) electrons. The lowest BCUT2D eigenvalue weighted by molar-refractivity contribution is 0.0130. The van der Waals surface area contributed by atoms with Gasteiger partial charge in [0.05, 0.1) is 5.56 Å². The zero-order chi connectivity index (χ0) is 31.2. The fraction of sp³-hybridized carbons (Fsp3) is 0.438. The summed E-state index contributed by atoms with van der Waals surface area (Å²) in [5.74, 6) is -1.83. The molecule has 2 aromatic heterocycles. The SMILES string of the molecule is CC(C)(C)OC(=O)N1C[C@@H](CCCNc2cccc(SNC(=O)c3cc(Cc4ccccc4)c(F)nc3F)n2)CC1(C)C. The Kier molecular flexibility index (Phi) is 10.3. The Morgan fingerprint density at radius 2 is 1.81 bits per heavy atom. The average Bonchev–Trinajstić information content (AvgIpc) is 3.25. The van der Waals surface area contributed by atoms with Crippen LogP contribution in [-0.4, -0.2) is 51.1 Å². The summed E-state index contributed by atoms with van der Waals surface area (Å²) in [5, 5.41) is 3.81. The summed E-state index contributed by atoms with van der Waals surface area (Å²) in [7, 11) is 0. The van der Waals surface area contributed by atoms with E-state index in [1.165, 1.54) is 6.07 Å². The molecule has 4 rings (SSSR count). The molecule has 0 saturated carbocycles. The second kappa shape index (κ2) is 13.7. The van der Waals surface area contributed by atoms with Crippen LogP contribution in [0.3, 0.4) is 0 Å². The van der Waals surface area contributed by atoms with Crippen LogP contribution < -0.4 is 10.0 Å². The molecule has 0 aliphatic carbocycles. The first kappa shape index (κ1) is 32.2. The lowest BCUT2D eigenvalue weighted by Crippen LogP contribution is -2.45. The molecule has 3 aromatic rings. The number of nitrogens with zero attached hydrogens (tertiary/aromatic N) is 3. The molecule has 2 N–H and O–H groups in total. The monoisotopic (exact) mass is 611 g/mol. The largest absolute Gasteiger partial charge is 0.444 e. The van der Waals surface area contributed by atoms with Crippen LogP contribution in [0.1, 0.15) is 75.4 Å². The molecular weight excluding hydrogens is 572 g/mol. The number of carbonyl (C=O) groups excluding carboxylic acids is 2. The third kappa shape index (κ3) is 9.13. The number of carbonyl (C=O) groups is 2. The van der Waals surface area contributed by atoms with Gasteiger partial charge in [-0.25, -0.2) is 9.78 Å². The molecule has 1 aliphatic rings. The lowest BCUT2D eigenvalue weighted by Gasteiger charge is -2.33. The van der Waals surface area contributed by atoms with E-state index < -0.39 is 23.4 Å². The van der Waals surface area contributed by atoms with Gasteiger partial charge in [-0.2, -0.15) is 13.8 Å². The minimum absolute atomic E-state index is 0.130. The molecule has 1 fully saturated rings. The molecule has 1 saturated heterocycles. The maximum absolute atomic E-state index is 14.4. The molecule has 0 bridgehead atoms. The molecule has 0 spiro atoms. The summed E-state index contributed by atoms with van der Waals surface area (Å²) >= 11 is 0.938. The van der Waals surface area contributed by atoms with Crippen molar-refractivity contribution in [1.29, 1.82) is 0 Å². The highest BCUT2D eigenvalue weighted by Gasteiger charge is 2.42. The smallest absolute Gasteiger partial charge is 0.410 e. The van der Waals surface area contributed by atoms with Crippen molar-refractivity contribution in [3.05, 3.63) is 83.2 Å². The van der Waals surface area contributed by atoms with E-state index in [1.54, 1.807) is 12.1 Å². The summed E-state index contributed by atoms with van der Waals surface area (Å²) in [6.45, 7) is 11.1. The number of anilines is 1. The molecule has 0 unspecified atom stereocenters. The highest BCUT2D eigenvalue weighted by atomic mass is 32.2. The van der Waals surface area contributed by atoms with Crippen molar-refractivity contribution < 1.29 is 23.1 Å². The standard InChI is InChI=1S/C32H39F2N5O3S/c1-31(2,3)42-30(41)39-20-22(19-32(39,4)5)13-10-16-35-25-14-9-15-26(36-25)43-38-29(40)24-18-23(27(33)37-28(24)34)17-21-11-7-6-8-12-21/h6-9,11-12,14-15,18,22H,10,13,16-17,19-20H2,1-5H3,(H,35,36)(H,38,40)/t22-/m0/s1. The third-order valence-electron chi connectivity index (χ3n) is 7.12. The minimum atomic E-state index is -1.17. The zero-order valence-electron chi connectivity index (χ0n) is 25.2. The van der Waals surface area contributed by atoms with Crippen LogP contribution in [0.5, 0.6) is 0 Å². The third-order valence-corrected chi connectivity index (χ3v) is 7.85. The van der Waals surface area contributed by atoms with E-state index in [0.717, 1.165) is 36.8 Å². The van der Waals surface area contributed by atoms with Crippen LogP contribution in [0.2, 0.25) is 0 Å². The fourth-order valence-electron chi connectivity index (χ4n) is 5.16. The summed E-state index contributed by atoms with van der Waals surface area (Å²) in [5.41, 5.74) is -0.175. The van der Waals surface area contributed by atoms with Gasteiger partial charge in [0.2, 0.25) is 11.9 Å². The normalized spacial score (nSPS) is 16.2. The molecule has 2 amide bonds. The number of amides is 2. The van der Waals surface area contributed by atoms with Crippen molar-refractivity contribution >= 4 is 29.8 Å². The van der Waals surface area contributed by atoms with Crippen molar-refractivity contribution in [3.63, 3.8) is 0 Å². The van der Waals surface area contributed by atoms with Crippen LogP contribution in [0.25, 0.3) is 0 Å². The summed E-state index contributed by atoms with van der Waals surface area (Å²) in [6, 6.07) is 15.7. The van der Waals surface area contributed by atoms with Gasteiger partial charge in [0.1, 0.15) is 16.4 Å². The van der Waals surface area contributed by atoms with E-state index in [0.29, 0.717) is 29.9 Å². The van der Waals surface area contributed by atoms with E-state index in [1.807, 2.05) is 62.1 Å². The van der Waals surface area contributed by atoms with Gasteiger partial charge in [0.15, 0.2) is 0 Å². The summed E-state index contributed by atoms with van der Waals surface area (Å²) in [4.78, 5) is 35.1. The van der Waals surface area contributed by atoms with Gasteiger partial charge in [0, 0.05) is 42.6 Å². The molecule has 1 atom stereocenters. The van der Waals surface area contributed by atoms with Crippen molar-refractivity contribution in [3.8, 4) is 0 Å². The maximum atomic E-state index is 14.4. The van der Waals surface area contributed by atoms with Crippen LogP contribution in [0.4, 0.5) is 19.4 Å². The topological polar surface area (TPSA) is 96.5 Å². The van der Waals surface area contributed by atoms with E-state index in [2.05, 4.69) is 33.9 Å². The van der Waals surface area contributed by atoms with Gasteiger partial charge >= 0.3 is 6.09 Å². The Hall–Kier alpha value is -3.73. The molecule has 3 heterocycles. The number of benzene rings is 1. The van der Waals surface area contributed by atoms with Crippen LogP contribution >= 0.6 is 11.9 Å². The molecule has 230 valence electrons. The number of hydrogen-bond acceptors (Lipinski definition) is 7. The average molecular weight is 612 g/mol. The first-order chi connectivity index (χ1) is 20.3. The summed E-state index contributed by atoms with van der Waals surface area (Å²) < 4.78 is 36.9. The number of rotatable bonds is 10. The van der Waals surface area contributed by atoms with Gasteiger partial charge in [-0.15, -0.1) is 0 Å². The molecule has 8 nitrogen and oxygen atoms in total. The van der Waals surface area contributed by atoms with Gasteiger partial charge in [0.25, 0.3) is 5.91 Å². The van der Waals surface area contributed by atoms with Gasteiger partial charge < -0.3 is 15.0 Å². The lowest BCUT2D eigenvalue weighted by atomic mass is 9.93. The number of aromatic nitrogens is 2. The van der Waals surface area contributed by atoms with Gasteiger partial charge in [-0.3, -0.25) is 9.52 Å². The quantitative estimate of drug-likeness (QED) is 0.145. The Labute approximate surface area is 256 Å². The Morgan fingerprint density at radius 1 is 1.07 bits per heavy atom. The van der Waals surface area contributed by atoms with E-state index in [-0.39, 0.29) is 29.2 Å². The van der Waals surface area contributed by atoms with E-state index >= 15 is 0 Å². The number of ether oxygens (including phenoxy) is 1. The van der Waals surface area contributed by atoms with Crippen LogP contribution in [0, 0.1) is 17.8 Å². The number of nitrogens with one attached hydrogen (secondary N) is 2. The molecule has 11 heteroatoms. The maximum Gasteiger partial charge on any atom is 0.410 e. The minimum Gasteiger partial charge on any atom is -0.444 e. The van der Waals surface area contributed by atoms with Crippen molar-refractivity contribution in [2.45, 2.75) is 76.5 Å². The molecule has 43 heavy (non-hydrogen) atoms. The van der Waals surface area contributed by atoms with E-state index in [4.69, 9.17) is 4.74 Å². The second-order valence-corrected chi connectivity index (χ2v) is 13.2. The zero-order valence-corrected chi connectivity index (χ0v) is 26.1. The number of halogens is 2. The van der Waals surface area contributed by atoms with E-state index in [9.17, 15) is 18.4 Å². The Balaban J connectivity index is 1.26. The highest BCUT2D eigenvalue weighted by molar-refractivity contribution is 7.97. The Morgan fingerprint density at radius 3 is 2.53 bits per heavy atom.